The highest BCUT2D eigenvalue weighted by molar-refractivity contribution is 9.10. The number of hydrogen-bond donors (Lipinski definition) is 0. The second-order valence-electron chi connectivity index (χ2n) is 5.44. The van der Waals surface area contributed by atoms with E-state index in [1.54, 1.807) is 52.3 Å². The van der Waals surface area contributed by atoms with Crippen LogP contribution in [-0.4, -0.2) is 32.1 Å². The van der Waals surface area contributed by atoms with Crippen LogP contribution >= 0.6 is 15.9 Å². The fourth-order valence-electron chi connectivity index (χ4n) is 2.48. The van der Waals surface area contributed by atoms with E-state index < -0.39 is 0 Å². The van der Waals surface area contributed by atoms with Crippen LogP contribution in [0.1, 0.15) is 22.8 Å². The number of rotatable bonds is 5. The molecule has 0 saturated carbocycles. The van der Waals surface area contributed by atoms with Gasteiger partial charge in [-0.05, 0) is 49.4 Å². The summed E-state index contributed by atoms with van der Waals surface area (Å²) < 4.78 is 16.4. The summed E-state index contributed by atoms with van der Waals surface area (Å²) in [5.41, 5.74) is 1.83. The van der Waals surface area contributed by atoms with Crippen molar-refractivity contribution in [2.75, 3.05) is 6.54 Å². The maximum atomic E-state index is 14.0. The molecule has 0 aliphatic heterocycles. The van der Waals surface area contributed by atoms with Gasteiger partial charge in [0.25, 0.3) is 5.91 Å². The number of hydrogen-bond acceptors (Lipinski definition) is 3. The van der Waals surface area contributed by atoms with Gasteiger partial charge in [-0.25, -0.2) is 14.1 Å². The summed E-state index contributed by atoms with van der Waals surface area (Å²) >= 11 is 3.33. The Morgan fingerprint density at radius 1 is 1.24 bits per heavy atom. The van der Waals surface area contributed by atoms with E-state index in [9.17, 15) is 9.18 Å². The van der Waals surface area contributed by atoms with Crippen molar-refractivity contribution in [2.24, 2.45) is 0 Å². The zero-order chi connectivity index (χ0) is 17.8. The van der Waals surface area contributed by atoms with Gasteiger partial charge in [-0.2, -0.15) is 5.10 Å². The topological polar surface area (TPSA) is 51.0 Å². The monoisotopic (exact) mass is 402 g/mol. The van der Waals surface area contributed by atoms with E-state index in [4.69, 9.17) is 0 Å². The lowest BCUT2D eigenvalue weighted by molar-refractivity contribution is 0.0751. The zero-order valence-corrected chi connectivity index (χ0v) is 15.1. The molecule has 128 valence electrons. The summed E-state index contributed by atoms with van der Waals surface area (Å²) in [6.45, 7) is 2.57. The Morgan fingerprint density at radius 2 is 2.00 bits per heavy atom. The van der Waals surface area contributed by atoms with E-state index in [1.807, 2.05) is 6.92 Å². The van der Waals surface area contributed by atoms with E-state index in [1.165, 1.54) is 12.4 Å². The minimum atomic E-state index is -0.323. The number of benzene rings is 2. The Kier molecular flexibility index (Phi) is 5.23. The Balaban J connectivity index is 1.79. The Bertz CT molecular complexity index is 865. The summed E-state index contributed by atoms with van der Waals surface area (Å²) in [6.07, 6.45) is 3.04. The van der Waals surface area contributed by atoms with Crippen molar-refractivity contribution in [3.05, 3.63) is 76.5 Å². The maximum absolute atomic E-state index is 14.0. The molecule has 2 aromatic carbocycles. The quantitative estimate of drug-likeness (QED) is 0.651. The van der Waals surface area contributed by atoms with Crippen molar-refractivity contribution in [1.82, 2.24) is 19.7 Å². The molecule has 1 heterocycles. The van der Waals surface area contributed by atoms with Gasteiger partial charge in [-0.15, -0.1) is 0 Å². The van der Waals surface area contributed by atoms with Gasteiger partial charge in [0, 0.05) is 28.7 Å². The van der Waals surface area contributed by atoms with E-state index in [2.05, 4.69) is 26.0 Å². The molecule has 1 amide bonds. The molecule has 5 nitrogen and oxygen atoms in total. The van der Waals surface area contributed by atoms with Crippen molar-refractivity contribution in [2.45, 2.75) is 13.5 Å². The maximum Gasteiger partial charge on any atom is 0.254 e. The van der Waals surface area contributed by atoms with Crippen molar-refractivity contribution >= 4 is 21.8 Å². The van der Waals surface area contributed by atoms with Gasteiger partial charge in [0.1, 0.15) is 18.5 Å². The van der Waals surface area contributed by atoms with Gasteiger partial charge in [-0.1, -0.05) is 15.9 Å². The number of aromatic nitrogens is 3. The number of carbonyl (C=O) groups excluding carboxylic acids is 1. The van der Waals surface area contributed by atoms with Crippen LogP contribution in [0.4, 0.5) is 4.39 Å². The second-order valence-corrected chi connectivity index (χ2v) is 6.36. The predicted octanol–water partition coefficient (Wildman–Crippen LogP) is 3.83. The van der Waals surface area contributed by atoms with E-state index in [-0.39, 0.29) is 18.3 Å². The molecule has 7 heteroatoms. The molecule has 0 fully saturated rings. The Labute approximate surface area is 153 Å². The SMILES string of the molecule is CCN(Cc1cc(Br)ccc1F)C(=O)c1ccc(-n2cncn2)cc1. The highest BCUT2D eigenvalue weighted by atomic mass is 79.9. The summed E-state index contributed by atoms with van der Waals surface area (Å²) in [4.78, 5) is 18.2. The van der Waals surface area contributed by atoms with Crippen molar-refractivity contribution in [3.8, 4) is 5.69 Å². The first-order valence-corrected chi connectivity index (χ1v) is 8.56. The van der Waals surface area contributed by atoms with E-state index in [0.29, 0.717) is 17.7 Å². The molecule has 0 bridgehead atoms. The number of carbonyl (C=O) groups is 1. The van der Waals surface area contributed by atoms with Crippen LogP contribution in [0, 0.1) is 5.82 Å². The smallest absolute Gasteiger partial charge is 0.254 e. The van der Waals surface area contributed by atoms with Crippen molar-refractivity contribution in [1.29, 1.82) is 0 Å². The summed E-state index contributed by atoms with van der Waals surface area (Å²) in [5.74, 6) is -0.469. The van der Waals surface area contributed by atoms with Crippen LogP contribution in [0.5, 0.6) is 0 Å². The van der Waals surface area contributed by atoms with Gasteiger partial charge < -0.3 is 4.90 Å². The summed E-state index contributed by atoms with van der Waals surface area (Å²) in [6, 6.07) is 11.8. The molecule has 0 saturated heterocycles. The van der Waals surface area contributed by atoms with Crippen molar-refractivity contribution in [3.63, 3.8) is 0 Å². The van der Waals surface area contributed by atoms with Crippen molar-refractivity contribution < 1.29 is 9.18 Å². The largest absolute Gasteiger partial charge is 0.334 e. The molecule has 3 rings (SSSR count). The average molecular weight is 403 g/mol. The third-order valence-corrected chi connectivity index (χ3v) is 4.33. The molecule has 3 aromatic rings. The molecule has 0 spiro atoms. The molecule has 0 N–H and O–H groups in total. The third kappa shape index (κ3) is 3.93. The van der Waals surface area contributed by atoms with Crippen LogP contribution in [0.15, 0.2) is 59.6 Å². The molecule has 0 unspecified atom stereocenters. The highest BCUT2D eigenvalue weighted by Gasteiger charge is 2.16. The molecule has 0 radical (unpaired) electrons. The molecular formula is C18H16BrFN4O. The van der Waals surface area contributed by atoms with Gasteiger partial charge in [0.05, 0.1) is 5.69 Å². The standard InChI is InChI=1S/C18H16BrFN4O/c1-2-23(10-14-9-15(19)5-8-17(14)20)18(25)13-3-6-16(7-4-13)24-12-21-11-22-24/h3-9,11-12H,2,10H2,1H3. The molecule has 0 aliphatic carbocycles. The van der Waals surface area contributed by atoms with Gasteiger partial charge >= 0.3 is 0 Å². The first-order chi connectivity index (χ1) is 12.1. The molecule has 25 heavy (non-hydrogen) atoms. The van der Waals surface area contributed by atoms with Gasteiger partial charge in [0.2, 0.25) is 0 Å². The molecule has 0 atom stereocenters. The third-order valence-electron chi connectivity index (χ3n) is 3.84. The first-order valence-electron chi connectivity index (χ1n) is 7.76. The highest BCUT2D eigenvalue weighted by Crippen LogP contribution is 2.19. The zero-order valence-electron chi connectivity index (χ0n) is 13.6. The van der Waals surface area contributed by atoms with Gasteiger partial charge in [-0.3, -0.25) is 4.79 Å². The van der Waals surface area contributed by atoms with Crippen LogP contribution in [0.2, 0.25) is 0 Å². The van der Waals surface area contributed by atoms with Gasteiger partial charge in [0.15, 0.2) is 0 Å². The molecule has 0 aliphatic rings. The lowest BCUT2D eigenvalue weighted by Crippen LogP contribution is -2.30. The molecular weight excluding hydrogens is 387 g/mol. The van der Waals surface area contributed by atoms with E-state index in [0.717, 1.165) is 10.2 Å². The van der Waals surface area contributed by atoms with Crippen LogP contribution in [0.25, 0.3) is 5.69 Å². The average Bonchev–Trinajstić information content (AvgIpc) is 3.16. The summed E-state index contributed by atoms with van der Waals surface area (Å²) in [5, 5.41) is 4.05. The first kappa shape index (κ1) is 17.3. The second kappa shape index (κ2) is 7.57. The Hall–Kier alpha value is -2.54. The Morgan fingerprint density at radius 3 is 2.64 bits per heavy atom. The summed E-state index contributed by atoms with van der Waals surface area (Å²) in [7, 11) is 0. The normalized spacial score (nSPS) is 10.7. The number of halogens is 2. The number of nitrogens with zero attached hydrogens (tertiary/aromatic N) is 4. The van der Waals surface area contributed by atoms with Crippen LogP contribution < -0.4 is 0 Å². The lowest BCUT2D eigenvalue weighted by atomic mass is 10.1. The lowest BCUT2D eigenvalue weighted by Gasteiger charge is -2.21. The fourth-order valence-corrected chi connectivity index (χ4v) is 2.89. The predicted molar refractivity (Wildman–Crippen MR) is 95.9 cm³/mol. The minimum absolute atomic E-state index is 0.146. The van der Waals surface area contributed by atoms with E-state index >= 15 is 0 Å². The fraction of sp³-hybridized carbons (Fsp3) is 0.167. The molecule has 1 aromatic heterocycles. The van der Waals surface area contributed by atoms with Crippen LogP contribution in [-0.2, 0) is 6.54 Å². The number of amides is 1. The van der Waals surface area contributed by atoms with Crippen LogP contribution in [0.3, 0.4) is 0 Å². The minimum Gasteiger partial charge on any atom is -0.334 e.